The van der Waals surface area contributed by atoms with Gasteiger partial charge < -0.3 is 30.4 Å². The van der Waals surface area contributed by atoms with E-state index in [9.17, 15) is 34.2 Å². The second-order valence-electron chi connectivity index (χ2n) is 7.63. The molecule has 0 spiro atoms. The van der Waals surface area contributed by atoms with Crippen molar-refractivity contribution in [1.29, 1.82) is 0 Å². The molecular weight excluding hydrogens is 494 g/mol. The van der Waals surface area contributed by atoms with E-state index < -0.39 is 70.7 Å². The summed E-state index contributed by atoms with van der Waals surface area (Å²) in [5.41, 5.74) is -2.21. The Hall–Kier alpha value is -3.16. The first kappa shape index (κ1) is 25.5. The molecule has 3 unspecified atom stereocenters. The van der Waals surface area contributed by atoms with Crippen LogP contribution in [0.25, 0.3) is 0 Å². The van der Waals surface area contributed by atoms with E-state index >= 15 is 0 Å². The molecule has 2 fully saturated rings. The third-order valence-electron chi connectivity index (χ3n) is 5.41. The van der Waals surface area contributed by atoms with E-state index in [1.165, 1.54) is 17.0 Å². The van der Waals surface area contributed by atoms with Gasteiger partial charge in [0, 0.05) is 12.3 Å². The summed E-state index contributed by atoms with van der Waals surface area (Å²) in [5, 5.41) is 33.1. The lowest BCUT2D eigenvalue weighted by Gasteiger charge is -2.53. The number of halogens is 1. The number of benzene rings is 1. The summed E-state index contributed by atoms with van der Waals surface area (Å²) < 4.78 is 5.10. The van der Waals surface area contributed by atoms with E-state index in [2.05, 4.69) is 10.5 Å². The zero-order chi connectivity index (χ0) is 25.0. The molecule has 2 heterocycles. The number of nitrogens with one attached hydrogen (secondary N) is 1. The molecule has 0 bridgehead atoms. The second-order valence-corrected chi connectivity index (χ2v) is 9.00. The molecule has 0 aliphatic carbocycles. The molecule has 2 amide bonds. The number of ether oxygens (including phenoxy) is 1. The molecule has 2 aliphatic rings. The number of Topliss-reactive ketones (excluding diaryl/α,β-unsaturated/α-hetero) is 1. The number of β-lactam (4-membered cyclic amide) rings is 1. The third kappa shape index (κ3) is 4.86. The smallest absolute Gasteiger partial charge is 0.339 e. The Morgan fingerprint density at radius 1 is 1.29 bits per heavy atom. The Bertz CT molecular complexity index is 1040. The van der Waals surface area contributed by atoms with Gasteiger partial charge in [-0.05, 0) is 5.56 Å². The minimum Gasteiger partial charge on any atom is -0.481 e. The molecular formula is C20H20ClN3O9S. The number of fused-ring (bicyclic) bond motifs is 1. The van der Waals surface area contributed by atoms with Crippen molar-refractivity contribution < 1.29 is 44.1 Å². The van der Waals surface area contributed by atoms with E-state index in [4.69, 9.17) is 21.5 Å². The maximum absolute atomic E-state index is 12.6. The minimum absolute atomic E-state index is 0.0700. The molecule has 2 aliphatic heterocycles. The van der Waals surface area contributed by atoms with E-state index in [-0.39, 0.29) is 17.9 Å². The van der Waals surface area contributed by atoms with Crippen molar-refractivity contribution in [2.45, 2.75) is 17.5 Å². The molecule has 14 heteroatoms. The van der Waals surface area contributed by atoms with Crippen LogP contribution in [0.5, 0.6) is 0 Å². The quantitative estimate of drug-likeness (QED) is 0.0630. The lowest BCUT2D eigenvalue weighted by Crippen LogP contribution is -2.74. The number of aliphatic hydroxyl groups excluding tert-OH is 1. The van der Waals surface area contributed by atoms with E-state index in [0.717, 1.165) is 11.8 Å². The number of nitrogens with zero attached hydrogens (tertiary/aromatic N) is 2. The first-order valence-corrected chi connectivity index (χ1v) is 11.4. The Labute approximate surface area is 201 Å². The highest BCUT2D eigenvalue weighted by Gasteiger charge is 2.58. The molecule has 1 aromatic carbocycles. The van der Waals surface area contributed by atoms with Crippen LogP contribution in [0, 0.1) is 5.41 Å². The number of hydrogen-bond acceptors (Lipinski definition) is 10. The summed E-state index contributed by atoms with van der Waals surface area (Å²) in [6.07, 6.45) is -1.60. The first-order valence-electron chi connectivity index (χ1n) is 9.82. The van der Waals surface area contributed by atoms with Crippen LogP contribution in [-0.4, -0.2) is 91.8 Å². The van der Waals surface area contributed by atoms with Crippen molar-refractivity contribution in [2.24, 2.45) is 10.6 Å². The lowest BCUT2D eigenvalue weighted by atomic mass is 9.88. The van der Waals surface area contributed by atoms with Gasteiger partial charge in [-0.25, -0.2) is 4.79 Å². The van der Waals surface area contributed by atoms with E-state index in [0.29, 0.717) is 0 Å². The number of carbonyl (C=O) groups is 5. The number of aliphatic hydroxyl groups is 1. The monoisotopic (exact) mass is 513 g/mol. The fourth-order valence-corrected chi connectivity index (χ4v) is 5.12. The van der Waals surface area contributed by atoms with Crippen LogP contribution in [0.2, 0.25) is 0 Å². The topological polar surface area (TPSA) is 183 Å². The highest BCUT2D eigenvalue weighted by molar-refractivity contribution is 8.00. The van der Waals surface area contributed by atoms with E-state index in [1.807, 2.05) is 0 Å². The maximum Gasteiger partial charge on any atom is 0.339 e. The van der Waals surface area contributed by atoms with Crippen molar-refractivity contribution >= 4 is 58.6 Å². The van der Waals surface area contributed by atoms with Gasteiger partial charge in [-0.15, -0.1) is 23.4 Å². The number of alkyl halides is 1. The van der Waals surface area contributed by atoms with E-state index in [1.54, 1.807) is 18.2 Å². The Balaban J connectivity index is 1.63. The molecule has 0 radical (unpaired) electrons. The van der Waals surface area contributed by atoms with Gasteiger partial charge in [0.2, 0.25) is 17.4 Å². The van der Waals surface area contributed by atoms with Gasteiger partial charge in [-0.2, -0.15) is 0 Å². The first-order chi connectivity index (χ1) is 16.1. The highest BCUT2D eigenvalue weighted by Crippen LogP contribution is 2.42. The van der Waals surface area contributed by atoms with Crippen LogP contribution in [0.3, 0.4) is 0 Å². The summed E-state index contributed by atoms with van der Waals surface area (Å²) in [6, 6.07) is 6.89. The third-order valence-corrected chi connectivity index (χ3v) is 7.25. The molecule has 4 N–H and O–H groups in total. The zero-order valence-corrected chi connectivity index (χ0v) is 19.0. The van der Waals surface area contributed by atoms with Crippen molar-refractivity contribution in [2.75, 3.05) is 24.8 Å². The molecule has 1 aromatic rings. The van der Waals surface area contributed by atoms with Crippen LogP contribution in [-0.2, 0) is 28.7 Å². The van der Waals surface area contributed by atoms with Gasteiger partial charge in [0.05, 0.1) is 5.88 Å². The number of esters is 1. The molecule has 12 nitrogen and oxygen atoms in total. The summed E-state index contributed by atoms with van der Waals surface area (Å²) in [6.45, 7) is -0.890. The van der Waals surface area contributed by atoms with Gasteiger partial charge in [0.25, 0.3) is 5.91 Å². The van der Waals surface area contributed by atoms with Gasteiger partial charge in [-0.3, -0.25) is 19.2 Å². The minimum atomic E-state index is -1.63. The normalized spacial score (nSPS) is 24.9. The summed E-state index contributed by atoms with van der Waals surface area (Å²) in [4.78, 5) is 61.8. The second kappa shape index (κ2) is 10.4. The number of amides is 2. The standard InChI is InChI=1S/C20H20ClN3O9S/c21-6-11(25)12(23-32)15(27)22-13-16(28)24-7-20(19(30)31,9-34-17(13)24)8-33-18(29)14(26)10-4-2-1-3-5-10/h1-5,13-14,17,26,32H,6-9H2,(H,22,27)(H,30,31)/t13?,14?,17-,20?/m1/s1. The molecule has 34 heavy (non-hydrogen) atoms. The number of rotatable bonds is 9. The van der Waals surface area contributed by atoms with Crippen molar-refractivity contribution in [3.8, 4) is 0 Å². The molecule has 4 atom stereocenters. The van der Waals surface area contributed by atoms with Crippen LogP contribution in [0.15, 0.2) is 35.5 Å². The van der Waals surface area contributed by atoms with Crippen LogP contribution in [0.1, 0.15) is 11.7 Å². The summed E-state index contributed by atoms with van der Waals surface area (Å²) in [5.74, 6) is -5.66. The lowest BCUT2D eigenvalue weighted by molar-refractivity contribution is -0.169. The van der Waals surface area contributed by atoms with Crippen LogP contribution in [0.4, 0.5) is 0 Å². The number of carbonyl (C=O) groups excluding carboxylic acids is 4. The maximum atomic E-state index is 12.6. The average Bonchev–Trinajstić information content (AvgIpc) is 2.85. The van der Waals surface area contributed by atoms with Crippen molar-refractivity contribution in [1.82, 2.24) is 10.2 Å². The average molecular weight is 514 g/mol. The molecule has 0 saturated carbocycles. The SMILES string of the molecule is O=C(CCl)C(=NO)C(=O)NC1C(=O)N2CC(COC(=O)C(O)c3ccccc3)(C(=O)O)CS[C@H]12. The van der Waals surface area contributed by atoms with Crippen LogP contribution >= 0.6 is 23.4 Å². The Morgan fingerprint density at radius 3 is 2.56 bits per heavy atom. The predicted molar refractivity (Wildman–Crippen MR) is 117 cm³/mol. The van der Waals surface area contributed by atoms with Gasteiger partial charge in [0.1, 0.15) is 23.4 Å². The number of thioether (sulfide) groups is 1. The van der Waals surface area contributed by atoms with Crippen molar-refractivity contribution in [3.05, 3.63) is 35.9 Å². The highest BCUT2D eigenvalue weighted by atomic mass is 35.5. The number of carboxylic acids is 1. The fraction of sp³-hybridized carbons (Fsp3) is 0.400. The summed E-state index contributed by atoms with van der Waals surface area (Å²) >= 11 is 6.39. The predicted octanol–water partition coefficient (Wildman–Crippen LogP) is -0.628. The number of ketones is 1. The Kier molecular flexibility index (Phi) is 7.79. The number of aliphatic carboxylic acids is 1. The number of oxime groups is 1. The molecule has 3 rings (SSSR count). The van der Waals surface area contributed by atoms with Crippen molar-refractivity contribution in [3.63, 3.8) is 0 Å². The van der Waals surface area contributed by atoms with Gasteiger partial charge >= 0.3 is 11.9 Å². The summed E-state index contributed by atoms with van der Waals surface area (Å²) in [7, 11) is 0. The number of carboxylic acid groups (broad SMARTS) is 1. The largest absolute Gasteiger partial charge is 0.481 e. The Morgan fingerprint density at radius 2 is 1.97 bits per heavy atom. The molecule has 182 valence electrons. The van der Waals surface area contributed by atoms with Crippen LogP contribution < -0.4 is 5.32 Å². The van der Waals surface area contributed by atoms with Gasteiger partial charge in [0.15, 0.2) is 6.10 Å². The molecule has 0 aromatic heterocycles. The fourth-order valence-electron chi connectivity index (χ4n) is 3.47. The zero-order valence-electron chi connectivity index (χ0n) is 17.4. The molecule has 2 saturated heterocycles. The number of hydrogen-bond donors (Lipinski definition) is 4. The van der Waals surface area contributed by atoms with Gasteiger partial charge in [-0.1, -0.05) is 35.5 Å².